The number of aromatic amines is 1. The number of carbonyl (C=O) groups is 2. The number of amides is 2. The highest BCUT2D eigenvalue weighted by atomic mass is 16.2. The molecule has 2 amide bonds. The summed E-state index contributed by atoms with van der Waals surface area (Å²) in [6.07, 6.45) is 3.24. The minimum absolute atomic E-state index is 0.0300. The second-order valence-electron chi connectivity index (χ2n) is 7.05. The summed E-state index contributed by atoms with van der Waals surface area (Å²) in [5.74, 6) is -1.34. The second kappa shape index (κ2) is 9.03. The summed E-state index contributed by atoms with van der Waals surface area (Å²) in [7, 11) is 0. The van der Waals surface area contributed by atoms with Crippen molar-refractivity contribution in [2.24, 2.45) is 17.4 Å². The quantitative estimate of drug-likeness (QED) is 0.356. The van der Waals surface area contributed by atoms with Crippen LogP contribution in [0.5, 0.6) is 0 Å². The van der Waals surface area contributed by atoms with Crippen LogP contribution in [0, 0.1) is 5.92 Å². The molecule has 3 aromatic rings. The molecule has 1 atom stereocenters. The van der Waals surface area contributed by atoms with Crippen LogP contribution in [0.25, 0.3) is 11.4 Å². The Balaban J connectivity index is 2.00. The highest BCUT2D eigenvalue weighted by Crippen LogP contribution is 2.23. The van der Waals surface area contributed by atoms with E-state index < -0.39 is 23.4 Å². The molecule has 31 heavy (non-hydrogen) atoms. The van der Waals surface area contributed by atoms with E-state index in [1.165, 1.54) is 0 Å². The normalized spacial score (nSPS) is 11.7. The Hall–Kier alpha value is -4.28. The smallest absolute Gasteiger partial charge is 0.267 e. The van der Waals surface area contributed by atoms with E-state index in [4.69, 9.17) is 11.5 Å². The fourth-order valence-electron chi connectivity index (χ4n) is 2.90. The van der Waals surface area contributed by atoms with Gasteiger partial charge in [0.15, 0.2) is 11.6 Å². The van der Waals surface area contributed by atoms with Crippen molar-refractivity contribution in [3.8, 4) is 11.4 Å². The van der Waals surface area contributed by atoms with Crippen LogP contribution in [0.3, 0.4) is 0 Å². The minimum atomic E-state index is -0.958. The SMILES string of the molecule is CC(C)[C@@H](Nc1nc(Nc2cccc(-c3ncccn3)c2)c(C(N)=O)c(=O)[nH]1)C(N)=O. The number of H-pyrrole nitrogens is 1. The fraction of sp³-hybridized carbons (Fsp3) is 0.200. The van der Waals surface area contributed by atoms with Crippen molar-refractivity contribution in [1.29, 1.82) is 0 Å². The molecular formula is C20H22N8O3. The molecule has 0 spiro atoms. The highest BCUT2D eigenvalue weighted by Gasteiger charge is 2.23. The Kier molecular flexibility index (Phi) is 6.24. The maximum Gasteiger partial charge on any atom is 0.267 e. The van der Waals surface area contributed by atoms with E-state index in [1.54, 1.807) is 50.5 Å². The number of hydrogen-bond acceptors (Lipinski definition) is 8. The number of anilines is 3. The first-order valence-electron chi connectivity index (χ1n) is 9.40. The summed E-state index contributed by atoms with van der Waals surface area (Å²) in [6, 6.07) is 7.94. The van der Waals surface area contributed by atoms with E-state index >= 15 is 0 Å². The molecular weight excluding hydrogens is 400 g/mol. The van der Waals surface area contributed by atoms with Crippen LogP contribution in [-0.4, -0.2) is 37.8 Å². The molecule has 11 nitrogen and oxygen atoms in total. The van der Waals surface area contributed by atoms with Gasteiger partial charge in [0.05, 0.1) is 0 Å². The van der Waals surface area contributed by atoms with E-state index in [0.29, 0.717) is 17.1 Å². The molecule has 0 unspecified atom stereocenters. The molecule has 2 aromatic heterocycles. The third-order valence-corrected chi connectivity index (χ3v) is 4.38. The average molecular weight is 422 g/mol. The lowest BCUT2D eigenvalue weighted by molar-refractivity contribution is -0.119. The molecule has 160 valence electrons. The van der Waals surface area contributed by atoms with Gasteiger partial charge in [-0.15, -0.1) is 0 Å². The van der Waals surface area contributed by atoms with Crippen LogP contribution in [0.1, 0.15) is 24.2 Å². The van der Waals surface area contributed by atoms with Gasteiger partial charge in [-0.05, 0) is 24.1 Å². The number of aromatic nitrogens is 4. The van der Waals surface area contributed by atoms with E-state index in [9.17, 15) is 14.4 Å². The van der Waals surface area contributed by atoms with Gasteiger partial charge in [-0.2, -0.15) is 4.98 Å². The van der Waals surface area contributed by atoms with Gasteiger partial charge in [0.1, 0.15) is 11.6 Å². The molecule has 0 bridgehead atoms. The van der Waals surface area contributed by atoms with E-state index in [2.05, 4.69) is 30.6 Å². The van der Waals surface area contributed by atoms with Crippen molar-refractivity contribution < 1.29 is 9.59 Å². The van der Waals surface area contributed by atoms with Crippen LogP contribution in [-0.2, 0) is 4.79 Å². The van der Waals surface area contributed by atoms with Crippen molar-refractivity contribution in [3.05, 3.63) is 58.6 Å². The van der Waals surface area contributed by atoms with Gasteiger partial charge >= 0.3 is 0 Å². The zero-order valence-corrected chi connectivity index (χ0v) is 16.9. The van der Waals surface area contributed by atoms with Crippen molar-refractivity contribution in [2.75, 3.05) is 10.6 Å². The van der Waals surface area contributed by atoms with Crippen LogP contribution in [0.15, 0.2) is 47.5 Å². The van der Waals surface area contributed by atoms with Gasteiger partial charge in [0.2, 0.25) is 11.9 Å². The second-order valence-corrected chi connectivity index (χ2v) is 7.05. The Morgan fingerprint density at radius 1 is 1.10 bits per heavy atom. The fourth-order valence-corrected chi connectivity index (χ4v) is 2.90. The number of nitrogens with two attached hydrogens (primary N) is 2. The maximum absolute atomic E-state index is 12.5. The molecule has 7 N–H and O–H groups in total. The summed E-state index contributed by atoms with van der Waals surface area (Å²) < 4.78 is 0. The maximum atomic E-state index is 12.5. The number of rotatable bonds is 8. The van der Waals surface area contributed by atoms with Gasteiger partial charge < -0.3 is 22.1 Å². The molecule has 0 saturated carbocycles. The third-order valence-electron chi connectivity index (χ3n) is 4.38. The van der Waals surface area contributed by atoms with Gasteiger partial charge in [0.25, 0.3) is 11.5 Å². The molecule has 0 aliphatic rings. The third kappa shape index (κ3) is 5.01. The number of nitrogens with zero attached hydrogens (tertiary/aromatic N) is 3. The molecule has 0 saturated heterocycles. The van der Waals surface area contributed by atoms with Gasteiger partial charge in [0, 0.05) is 23.6 Å². The predicted octanol–water partition coefficient (Wildman–Crippen LogP) is 0.991. The summed E-state index contributed by atoms with van der Waals surface area (Å²) in [4.78, 5) is 51.1. The first-order valence-corrected chi connectivity index (χ1v) is 9.40. The summed E-state index contributed by atoms with van der Waals surface area (Å²) >= 11 is 0. The summed E-state index contributed by atoms with van der Waals surface area (Å²) in [5, 5.41) is 5.73. The van der Waals surface area contributed by atoms with Crippen molar-refractivity contribution in [1.82, 2.24) is 19.9 Å². The van der Waals surface area contributed by atoms with E-state index in [0.717, 1.165) is 0 Å². The van der Waals surface area contributed by atoms with Crippen molar-refractivity contribution >= 4 is 29.3 Å². The Morgan fingerprint density at radius 2 is 1.81 bits per heavy atom. The molecule has 0 fully saturated rings. The van der Waals surface area contributed by atoms with Crippen LogP contribution < -0.4 is 27.7 Å². The summed E-state index contributed by atoms with van der Waals surface area (Å²) in [6.45, 7) is 3.57. The van der Waals surface area contributed by atoms with Crippen LogP contribution in [0.4, 0.5) is 17.5 Å². The Labute approximate surface area is 177 Å². The Bertz CT molecular complexity index is 1160. The lowest BCUT2D eigenvalue weighted by Gasteiger charge is -2.20. The molecule has 3 rings (SSSR count). The van der Waals surface area contributed by atoms with Crippen LogP contribution in [0.2, 0.25) is 0 Å². The molecule has 1 aromatic carbocycles. The molecule has 0 aliphatic heterocycles. The van der Waals surface area contributed by atoms with Crippen molar-refractivity contribution in [3.63, 3.8) is 0 Å². The number of primary amides is 2. The lowest BCUT2D eigenvalue weighted by atomic mass is 10.0. The number of benzene rings is 1. The Morgan fingerprint density at radius 3 is 2.42 bits per heavy atom. The van der Waals surface area contributed by atoms with Crippen molar-refractivity contribution in [2.45, 2.75) is 19.9 Å². The van der Waals surface area contributed by atoms with Gasteiger partial charge in [-0.3, -0.25) is 19.4 Å². The molecule has 2 heterocycles. The molecule has 0 radical (unpaired) electrons. The molecule has 11 heteroatoms. The predicted molar refractivity (Wildman–Crippen MR) is 116 cm³/mol. The number of carbonyl (C=O) groups excluding carboxylic acids is 2. The number of hydrogen-bond donors (Lipinski definition) is 5. The van der Waals surface area contributed by atoms with E-state index in [-0.39, 0.29) is 23.2 Å². The van der Waals surface area contributed by atoms with Gasteiger partial charge in [-0.25, -0.2) is 9.97 Å². The molecule has 0 aliphatic carbocycles. The topological polar surface area (TPSA) is 182 Å². The summed E-state index contributed by atoms with van der Waals surface area (Å²) in [5.41, 5.74) is 10.9. The zero-order valence-electron chi connectivity index (χ0n) is 16.9. The zero-order chi connectivity index (χ0) is 22.5. The first-order chi connectivity index (χ1) is 14.8. The van der Waals surface area contributed by atoms with Crippen LogP contribution >= 0.6 is 0 Å². The minimum Gasteiger partial charge on any atom is -0.368 e. The standard InChI is InChI=1S/C20H22N8O3/c1-10(2)14(16(22)30)26-20-27-18(13(15(21)29)19(31)28-20)25-12-6-3-5-11(9-12)17-23-7-4-8-24-17/h3-10,14H,1-2H3,(H2,21,29)(H2,22,30)(H3,25,26,27,28,31)/t14-/m1/s1. The highest BCUT2D eigenvalue weighted by molar-refractivity contribution is 5.98. The number of nitrogens with one attached hydrogen (secondary N) is 3. The monoisotopic (exact) mass is 422 g/mol. The average Bonchev–Trinajstić information content (AvgIpc) is 2.72. The van der Waals surface area contributed by atoms with E-state index in [1.807, 2.05) is 6.07 Å². The van der Waals surface area contributed by atoms with Gasteiger partial charge in [-0.1, -0.05) is 26.0 Å². The largest absolute Gasteiger partial charge is 0.368 e. The lowest BCUT2D eigenvalue weighted by Crippen LogP contribution is -2.40. The first kappa shape index (κ1) is 21.4.